The topological polar surface area (TPSA) is 133 Å². The number of carbonyl (C=O) groups excluding carboxylic acids is 2. The van der Waals surface area contributed by atoms with Gasteiger partial charge in [-0.15, -0.1) is 0 Å². The lowest BCUT2D eigenvalue weighted by Gasteiger charge is -2.30. The summed E-state index contributed by atoms with van der Waals surface area (Å²) < 4.78 is 17.4. The van der Waals surface area contributed by atoms with Crippen molar-refractivity contribution in [2.75, 3.05) is 0 Å². The number of amides is 2. The number of ether oxygens (including phenoxy) is 3. The van der Waals surface area contributed by atoms with Crippen LogP contribution in [-0.2, 0) is 18.0 Å². The number of nitrogens with zero attached hydrogens (tertiary/aromatic N) is 2. The van der Waals surface area contributed by atoms with Gasteiger partial charge in [-0.05, 0) is 94.0 Å². The van der Waals surface area contributed by atoms with Crippen LogP contribution in [0.4, 0.5) is 4.79 Å². The first kappa shape index (κ1) is 30.9. The fourth-order valence-corrected chi connectivity index (χ4v) is 4.70. The van der Waals surface area contributed by atoms with E-state index >= 15 is 0 Å². The SMILES string of the molecule is CC(C)(C)OC(=O)NC1CCC(NC(=O)c2ccc(OCc3ccc(C#N)cc3)cc2OCc2ccc(C#N)cc2)CC1. The molecule has 0 aliphatic heterocycles. The maximum atomic E-state index is 13.4. The summed E-state index contributed by atoms with van der Waals surface area (Å²) >= 11 is 0. The maximum Gasteiger partial charge on any atom is 0.407 e. The van der Waals surface area contributed by atoms with Crippen LogP contribution in [0.15, 0.2) is 66.7 Å². The third-order valence-electron chi connectivity index (χ3n) is 6.95. The normalized spacial score (nSPS) is 16.2. The third-order valence-corrected chi connectivity index (χ3v) is 6.95. The Morgan fingerprint density at radius 3 is 1.79 bits per heavy atom. The molecule has 0 unspecified atom stereocenters. The zero-order chi connectivity index (χ0) is 30.8. The van der Waals surface area contributed by atoms with Gasteiger partial charge in [0, 0.05) is 18.2 Å². The van der Waals surface area contributed by atoms with Gasteiger partial charge < -0.3 is 24.8 Å². The molecule has 0 heterocycles. The van der Waals surface area contributed by atoms with Crippen LogP contribution in [0.1, 0.15) is 79.1 Å². The molecule has 222 valence electrons. The van der Waals surface area contributed by atoms with E-state index in [1.54, 1.807) is 42.5 Å². The van der Waals surface area contributed by atoms with Gasteiger partial charge >= 0.3 is 6.09 Å². The van der Waals surface area contributed by atoms with Crippen molar-refractivity contribution in [1.29, 1.82) is 10.5 Å². The number of carbonyl (C=O) groups is 2. The number of nitriles is 2. The molecule has 2 N–H and O–H groups in total. The van der Waals surface area contributed by atoms with Crippen LogP contribution in [0.25, 0.3) is 0 Å². The van der Waals surface area contributed by atoms with Gasteiger partial charge in [0.15, 0.2) is 0 Å². The summed E-state index contributed by atoms with van der Waals surface area (Å²) in [5, 5.41) is 24.1. The zero-order valence-electron chi connectivity index (χ0n) is 24.7. The lowest BCUT2D eigenvalue weighted by Crippen LogP contribution is -2.45. The van der Waals surface area contributed by atoms with Gasteiger partial charge in [0.1, 0.15) is 30.3 Å². The summed E-state index contributed by atoms with van der Waals surface area (Å²) in [6, 6.07) is 23.5. The zero-order valence-corrected chi connectivity index (χ0v) is 24.7. The molecular weight excluding hydrogens is 544 g/mol. The molecule has 1 aliphatic carbocycles. The smallest absolute Gasteiger partial charge is 0.407 e. The van der Waals surface area contributed by atoms with Crippen LogP contribution >= 0.6 is 0 Å². The molecule has 0 spiro atoms. The van der Waals surface area contributed by atoms with Crippen LogP contribution in [0.2, 0.25) is 0 Å². The fourth-order valence-electron chi connectivity index (χ4n) is 4.70. The molecule has 9 heteroatoms. The highest BCUT2D eigenvalue weighted by atomic mass is 16.6. The highest BCUT2D eigenvalue weighted by Gasteiger charge is 2.26. The van der Waals surface area contributed by atoms with E-state index < -0.39 is 11.7 Å². The Kier molecular flexibility index (Phi) is 10.2. The van der Waals surface area contributed by atoms with Crippen LogP contribution in [0, 0.1) is 22.7 Å². The van der Waals surface area contributed by atoms with Gasteiger partial charge in [0.2, 0.25) is 0 Å². The largest absolute Gasteiger partial charge is 0.489 e. The van der Waals surface area contributed by atoms with Gasteiger partial charge in [0.25, 0.3) is 5.91 Å². The monoisotopic (exact) mass is 580 g/mol. The summed E-state index contributed by atoms with van der Waals surface area (Å²) in [5.74, 6) is 0.654. The lowest BCUT2D eigenvalue weighted by atomic mass is 9.91. The number of nitrogens with one attached hydrogen (secondary N) is 2. The van der Waals surface area contributed by atoms with Gasteiger partial charge in [0.05, 0.1) is 28.8 Å². The van der Waals surface area contributed by atoms with Gasteiger partial charge in [-0.2, -0.15) is 10.5 Å². The van der Waals surface area contributed by atoms with Crippen molar-refractivity contribution in [3.8, 4) is 23.6 Å². The Morgan fingerprint density at radius 2 is 1.28 bits per heavy atom. The molecular formula is C34H36N4O5. The van der Waals surface area contributed by atoms with E-state index in [0.29, 0.717) is 28.2 Å². The average Bonchev–Trinajstić information content (AvgIpc) is 2.99. The molecule has 0 atom stereocenters. The van der Waals surface area contributed by atoms with Crippen molar-refractivity contribution < 1.29 is 23.8 Å². The summed E-state index contributed by atoms with van der Waals surface area (Å²) in [6.45, 7) is 5.97. The summed E-state index contributed by atoms with van der Waals surface area (Å²) in [4.78, 5) is 25.5. The maximum absolute atomic E-state index is 13.4. The Balaban J connectivity index is 1.41. The van der Waals surface area contributed by atoms with Crippen LogP contribution in [-0.4, -0.2) is 29.7 Å². The molecule has 43 heavy (non-hydrogen) atoms. The van der Waals surface area contributed by atoms with E-state index in [-0.39, 0.29) is 31.2 Å². The van der Waals surface area contributed by atoms with E-state index in [1.165, 1.54) is 0 Å². The molecule has 0 saturated heterocycles. The first-order valence-electron chi connectivity index (χ1n) is 14.3. The Labute approximate surface area is 252 Å². The lowest BCUT2D eigenvalue weighted by molar-refractivity contribution is 0.0487. The second kappa shape index (κ2) is 14.2. The first-order valence-corrected chi connectivity index (χ1v) is 14.3. The van der Waals surface area contributed by atoms with Gasteiger partial charge in [-0.25, -0.2) is 4.79 Å². The van der Waals surface area contributed by atoms with Gasteiger partial charge in [-0.1, -0.05) is 24.3 Å². The first-order chi connectivity index (χ1) is 20.6. The minimum Gasteiger partial charge on any atom is -0.489 e. The third kappa shape index (κ3) is 9.51. The van der Waals surface area contributed by atoms with Crippen LogP contribution in [0.5, 0.6) is 11.5 Å². The highest BCUT2D eigenvalue weighted by molar-refractivity contribution is 5.97. The summed E-state index contributed by atoms with van der Waals surface area (Å²) in [7, 11) is 0. The molecule has 0 radical (unpaired) electrons. The summed E-state index contributed by atoms with van der Waals surface area (Å²) in [5.41, 5.74) is 2.71. The highest BCUT2D eigenvalue weighted by Crippen LogP contribution is 2.28. The molecule has 1 aliphatic rings. The molecule has 1 saturated carbocycles. The van der Waals surface area contributed by atoms with Crippen molar-refractivity contribution in [2.24, 2.45) is 0 Å². The molecule has 0 aromatic heterocycles. The van der Waals surface area contributed by atoms with E-state index in [4.69, 9.17) is 24.7 Å². The Hall–Kier alpha value is -5.02. The van der Waals surface area contributed by atoms with E-state index in [1.807, 2.05) is 45.0 Å². The number of benzene rings is 3. The van der Waals surface area contributed by atoms with E-state index in [0.717, 1.165) is 36.8 Å². The Morgan fingerprint density at radius 1 is 0.767 bits per heavy atom. The van der Waals surface area contributed by atoms with Crippen LogP contribution in [0.3, 0.4) is 0 Å². The number of hydrogen-bond acceptors (Lipinski definition) is 7. The second-order valence-corrected chi connectivity index (χ2v) is 11.5. The molecule has 3 aromatic carbocycles. The molecule has 2 amide bonds. The molecule has 1 fully saturated rings. The average molecular weight is 581 g/mol. The number of hydrogen-bond donors (Lipinski definition) is 2. The predicted molar refractivity (Wildman–Crippen MR) is 160 cm³/mol. The minimum atomic E-state index is -0.556. The van der Waals surface area contributed by atoms with E-state index in [9.17, 15) is 9.59 Å². The summed E-state index contributed by atoms with van der Waals surface area (Å²) in [6.07, 6.45) is 2.48. The second-order valence-electron chi connectivity index (χ2n) is 11.5. The quantitative estimate of drug-likeness (QED) is 0.310. The molecule has 4 rings (SSSR count). The number of alkyl carbamates (subject to hydrolysis) is 1. The van der Waals surface area contributed by atoms with Crippen molar-refractivity contribution in [1.82, 2.24) is 10.6 Å². The van der Waals surface area contributed by atoms with Crippen molar-refractivity contribution in [3.05, 3.63) is 94.5 Å². The van der Waals surface area contributed by atoms with Crippen molar-refractivity contribution >= 4 is 12.0 Å². The van der Waals surface area contributed by atoms with Gasteiger partial charge in [-0.3, -0.25) is 4.79 Å². The standard InChI is InChI=1S/C34H36N4O5/c1-34(2,3)43-33(40)38-28-14-12-27(13-15-28)37-32(39)30-17-16-29(41-21-25-8-4-23(19-35)5-9-25)18-31(30)42-22-26-10-6-24(20-36)7-11-26/h4-11,16-18,27-28H,12-15,21-22H2,1-3H3,(H,37,39)(H,38,40). The number of rotatable bonds is 9. The molecule has 3 aromatic rings. The fraction of sp³-hybridized carbons (Fsp3) is 0.353. The van der Waals surface area contributed by atoms with Crippen LogP contribution < -0.4 is 20.1 Å². The minimum absolute atomic E-state index is 0.00172. The molecule has 0 bridgehead atoms. The Bertz CT molecular complexity index is 1490. The van der Waals surface area contributed by atoms with E-state index in [2.05, 4.69) is 22.8 Å². The van der Waals surface area contributed by atoms with Crippen molar-refractivity contribution in [3.63, 3.8) is 0 Å². The molecule has 9 nitrogen and oxygen atoms in total. The predicted octanol–water partition coefficient (Wildman–Crippen LogP) is 6.15. The van der Waals surface area contributed by atoms with Crippen molar-refractivity contribution in [2.45, 2.75) is 77.4 Å².